The Morgan fingerprint density at radius 3 is 2.90 bits per heavy atom. The molecule has 1 fully saturated rings. The van der Waals surface area contributed by atoms with Gasteiger partial charge in [0.15, 0.2) is 0 Å². The molecule has 8 heteroatoms. The van der Waals surface area contributed by atoms with E-state index in [-0.39, 0.29) is 5.92 Å². The number of methoxy groups -OCH3 is 1. The molecule has 1 aliphatic rings. The van der Waals surface area contributed by atoms with E-state index in [1.807, 2.05) is 0 Å². The molecule has 1 aromatic carbocycles. The molecule has 1 saturated heterocycles. The average Bonchev–Trinajstić information content (AvgIpc) is 2.46. The molecular weight excluding hydrogens is 358 g/mol. The zero-order valence-corrected chi connectivity index (χ0v) is 14.3. The van der Waals surface area contributed by atoms with Gasteiger partial charge in [-0.2, -0.15) is 12.7 Å². The minimum absolute atomic E-state index is 0.229. The van der Waals surface area contributed by atoms with Crippen molar-refractivity contribution in [3.05, 3.63) is 22.7 Å². The second kappa shape index (κ2) is 6.95. The van der Waals surface area contributed by atoms with Crippen LogP contribution >= 0.6 is 15.9 Å². The summed E-state index contributed by atoms with van der Waals surface area (Å²) in [6, 6.07) is 5.11. The van der Waals surface area contributed by atoms with Crippen molar-refractivity contribution in [1.29, 1.82) is 0 Å². The molecule has 1 aromatic rings. The Kier molecular flexibility index (Phi) is 5.48. The van der Waals surface area contributed by atoms with Gasteiger partial charge in [0.1, 0.15) is 5.75 Å². The predicted molar refractivity (Wildman–Crippen MR) is 86.6 cm³/mol. The van der Waals surface area contributed by atoms with Gasteiger partial charge in [0.05, 0.1) is 12.8 Å². The van der Waals surface area contributed by atoms with Gasteiger partial charge in [0.25, 0.3) is 0 Å². The zero-order valence-electron chi connectivity index (χ0n) is 11.9. The highest BCUT2D eigenvalue weighted by molar-refractivity contribution is 9.10. The standard InChI is InChI=1S/C13H20BrN3O3S/c1-20-13-6-11(14)5-12(7-13)16-21(18,19)17-4-2-3-10(8-15)9-17/h5-7,10,16H,2-4,8-9,15H2,1H3. The van der Waals surface area contributed by atoms with Crippen LogP contribution in [-0.4, -0.2) is 39.5 Å². The maximum atomic E-state index is 12.4. The number of nitrogens with two attached hydrogens (primary N) is 1. The number of anilines is 1. The minimum Gasteiger partial charge on any atom is -0.497 e. The van der Waals surface area contributed by atoms with Crippen molar-refractivity contribution in [2.75, 3.05) is 31.5 Å². The van der Waals surface area contributed by atoms with E-state index in [0.717, 1.165) is 17.3 Å². The van der Waals surface area contributed by atoms with Crippen LogP contribution in [-0.2, 0) is 10.2 Å². The summed E-state index contributed by atoms with van der Waals surface area (Å²) in [6.07, 6.45) is 1.82. The first-order chi connectivity index (χ1) is 9.94. The van der Waals surface area contributed by atoms with Crippen molar-refractivity contribution in [3.63, 3.8) is 0 Å². The third kappa shape index (κ3) is 4.32. The van der Waals surface area contributed by atoms with Crippen LogP contribution in [0.4, 0.5) is 5.69 Å². The lowest BCUT2D eigenvalue weighted by molar-refractivity contribution is 0.273. The third-order valence-corrected chi connectivity index (χ3v) is 5.47. The van der Waals surface area contributed by atoms with Gasteiger partial charge in [0, 0.05) is 23.6 Å². The van der Waals surface area contributed by atoms with Crippen LogP contribution in [0, 0.1) is 5.92 Å². The lowest BCUT2D eigenvalue weighted by Crippen LogP contribution is -2.44. The topological polar surface area (TPSA) is 84.7 Å². The van der Waals surface area contributed by atoms with E-state index in [4.69, 9.17) is 10.5 Å². The second-order valence-electron chi connectivity index (χ2n) is 5.09. The van der Waals surface area contributed by atoms with Gasteiger partial charge in [-0.05, 0) is 37.4 Å². The molecule has 0 amide bonds. The van der Waals surface area contributed by atoms with Gasteiger partial charge >= 0.3 is 10.2 Å². The van der Waals surface area contributed by atoms with E-state index < -0.39 is 10.2 Å². The third-order valence-electron chi connectivity index (χ3n) is 3.51. The SMILES string of the molecule is COc1cc(Br)cc(NS(=O)(=O)N2CCCC(CN)C2)c1. The van der Waals surface area contributed by atoms with Crippen molar-refractivity contribution in [2.45, 2.75) is 12.8 Å². The Balaban J connectivity index is 2.15. The fourth-order valence-electron chi connectivity index (χ4n) is 2.39. The number of rotatable bonds is 5. The molecule has 2 rings (SSSR count). The molecule has 118 valence electrons. The number of benzene rings is 1. The summed E-state index contributed by atoms with van der Waals surface area (Å²) in [4.78, 5) is 0. The average molecular weight is 378 g/mol. The minimum atomic E-state index is -3.57. The van der Waals surface area contributed by atoms with Crippen molar-refractivity contribution < 1.29 is 13.2 Å². The summed E-state index contributed by atoms with van der Waals surface area (Å²) in [5.41, 5.74) is 6.12. The monoisotopic (exact) mass is 377 g/mol. The predicted octanol–water partition coefficient (Wildman–Crippen LogP) is 1.79. The lowest BCUT2D eigenvalue weighted by atomic mass is 10.0. The molecule has 6 nitrogen and oxygen atoms in total. The molecule has 1 aliphatic heterocycles. The zero-order chi connectivity index (χ0) is 15.5. The highest BCUT2D eigenvalue weighted by atomic mass is 79.9. The fourth-order valence-corrected chi connectivity index (χ4v) is 4.18. The molecule has 0 aromatic heterocycles. The summed E-state index contributed by atoms with van der Waals surface area (Å²) in [7, 11) is -2.03. The summed E-state index contributed by atoms with van der Waals surface area (Å²) in [5.74, 6) is 0.813. The maximum absolute atomic E-state index is 12.4. The molecular formula is C13H20BrN3O3S. The van der Waals surface area contributed by atoms with E-state index in [1.54, 1.807) is 18.2 Å². The number of nitrogens with zero attached hydrogens (tertiary/aromatic N) is 1. The smallest absolute Gasteiger partial charge is 0.301 e. The molecule has 0 aliphatic carbocycles. The van der Waals surface area contributed by atoms with Crippen molar-refractivity contribution in [3.8, 4) is 5.75 Å². The highest BCUT2D eigenvalue weighted by Crippen LogP contribution is 2.26. The molecule has 0 spiro atoms. The normalized spacial score (nSPS) is 20.2. The summed E-state index contributed by atoms with van der Waals surface area (Å²) < 4.78 is 34.8. The van der Waals surface area contributed by atoms with E-state index in [0.29, 0.717) is 31.1 Å². The quantitative estimate of drug-likeness (QED) is 0.818. The van der Waals surface area contributed by atoms with Crippen LogP contribution in [0.25, 0.3) is 0 Å². The largest absolute Gasteiger partial charge is 0.497 e. The van der Waals surface area contributed by atoms with Crippen LogP contribution in [0.3, 0.4) is 0 Å². The Hall–Kier alpha value is -0.830. The number of ether oxygens (including phenoxy) is 1. The number of hydrogen-bond acceptors (Lipinski definition) is 4. The summed E-state index contributed by atoms with van der Waals surface area (Å²) in [6.45, 7) is 1.50. The van der Waals surface area contributed by atoms with E-state index in [2.05, 4.69) is 20.7 Å². The van der Waals surface area contributed by atoms with Crippen molar-refractivity contribution in [1.82, 2.24) is 4.31 Å². The molecule has 0 bridgehead atoms. The number of piperidine rings is 1. The Labute approximate surface area is 134 Å². The van der Waals surface area contributed by atoms with Crippen molar-refractivity contribution >= 4 is 31.8 Å². The molecule has 0 saturated carbocycles. The summed E-state index contributed by atoms with van der Waals surface area (Å²) in [5, 5.41) is 0. The van der Waals surface area contributed by atoms with Crippen LogP contribution < -0.4 is 15.2 Å². The molecule has 0 radical (unpaired) electrons. The van der Waals surface area contributed by atoms with Crippen LogP contribution in [0.2, 0.25) is 0 Å². The molecule has 1 heterocycles. The number of nitrogens with one attached hydrogen (secondary N) is 1. The van der Waals surface area contributed by atoms with Gasteiger partial charge in [0.2, 0.25) is 0 Å². The number of hydrogen-bond donors (Lipinski definition) is 2. The van der Waals surface area contributed by atoms with Crippen LogP contribution in [0.1, 0.15) is 12.8 Å². The molecule has 21 heavy (non-hydrogen) atoms. The molecule has 1 unspecified atom stereocenters. The summed E-state index contributed by atoms with van der Waals surface area (Å²) >= 11 is 3.33. The van der Waals surface area contributed by atoms with Gasteiger partial charge in [-0.25, -0.2) is 0 Å². The Morgan fingerprint density at radius 2 is 2.24 bits per heavy atom. The van der Waals surface area contributed by atoms with E-state index in [9.17, 15) is 8.42 Å². The van der Waals surface area contributed by atoms with Crippen LogP contribution in [0.5, 0.6) is 5.75 Å². The first-order valence-corrected chi connectivity index (χ1v) is 9.00. The number of halogens is 1. The Morgan fingerprint density at radius 1 is 1.48 bits per heavy atom. The van der Waals surface area contributed by atoms with E-state index >= 15 is 0 Å². The van der Waals surface area contributed by atoms with Gasteiger partial charge in [-0.3, -0.25) is 4.72 Å². The first-order valence-electron chi connectivity index (χ1n) is 6.77. The van der Waals surface area contributed by atoms with E-state index in [1.165, 1.54) is 11.4 Å². The highest BCUT2D eigenvalue weighted by Gasteiger charge is 2.28. The van der Waals surface area contributed by atoms with Gasteiger partial charge in [-0.15, -0.1) is 0 Å². The van der Waals surface area contributed by atoms with Gasteiger partial charge < -0.3 is 10.5 Å². The molecule has 3 N–H and O–H groups in total. The lowest BCUT2D eigenvalue weighted by Gasteiger charge is -2.31. The van der Waals surface area contributed by atoms with Gasteiger partial charge in [-0.1, -0.05) is 15.9 Å². The van der Waals surface area contributed by atoms with Crippen LogP contribution in [0.15, 0.2) is 22.7 Å². The molecule has 1 atom stereocenters. The second-order valence-corrected chi connectivity index (χ2v) is 7.68. The van der Waals surface area contributed by atoms with Crippen molar-refractivity contribution in [2.24, 2.45) is 11.7 Å². The Bertz CT molecular complexity index is 594. The maximum Gasteiger partial charge on any atom is 0.301 e. The first kappa shape index (κ1) is 16.5. The fraction of sp³-hybridized carbons (Fsp3) is 0.538.